The summed E-state index contributed by atoms with van der Waals surface area (Å²) in [6.45, 7) is 4.56. The molecule has 0 saturated carbocycles. The van der Waals surface area contributed by atoms with Crippen molar-refractivity contribution < 1.29 is 14.2 Å². The molecule has 0 N–H and O–H groups in total. The van der Waals surface area contributed by atoms with Crippen LogP contribution >= 0.6 is 0 Å². The van der Waals surface area contributed by atoms with Gasteiger partial charge < -0.3 is 14.2 Å². The predicted octanol–water partition coefficient (Wildman–Crippen LogP) is 1.22. The van der Waals surface area contributed by atoms with Crippen molar-refractivity contribution in [2.45, 2.75) is 37.9 Å². The third-order valence-electron chi connectivity index (χ3n) is 2.39. The fourth-order valence-electron chi connectivity index (χ4n) is 1.89. The van der Waals surface area contributed by atoms with Gasteiger partial charge in [-0.2, -0.15) is 0 Å². The third kappa shape index (κ3) is 1.69. The summed E-state index contributed by atoms with van der Waals surface area (Å²) in [4.78, 5) is 2.70. The molecule has 6 heteroatoms. The Bertz CT molecular complexity index is 275. The van der Waals surface area contributed by atoms with Crippen molar-refractivity contribution in [1.29, 1.82) is 0 Å². The average molecular weight is 199 g/mol. The van der Waals surface area contributed by atoms with Crippen LogP contribution in [-0.4, -0.2) is 37.3 Å². The van der Waals surface area contributed by atoms with Gasteiger partial charge in [0.15, 0.2) is 5.79 Å². The van der Waals surface area contributed by atoms with Crippen LogP contribution in [0.5, 0.6) is 0 Å². The number of hydrogen-bond acceptors (Lipinski definition) is 4. The summed E-state index contributed by atoms with van der Waals surface area (Å²) < 4.78 is 16.7. The van der Waals surface area contributed by atoms with Gasteiger partial charge in [-0.05, 0) is 19.4 Å². The van der Waals surface area contributed by atoms with E-state index >= 15 is 0 Å². The molecule has 0 spiro atoms. The Labute approximate surface area is 81.8 Å². The fraction of sp³-hybridized carbons (Fsp3) is 1.00. The van der Waals surface area contributed by atoms with Crippen molar-refractivity contribution in [3.8, 4) is 0 Å². The van der Waals surface area contributed by atoms with Crippen LogP contribution in [0.2, 0.25) is 0 Å². The highest BCUT2D eigenvalue weighted by molar-refractivity contribution is 4.93. The first-order valence-corrected chi connectivity index (χ1v) is 4.60. The van der Waals surface area contributed by atoms with Crippen LogP contribution in [0.3, 0.4) is 0 Å². The van der Waals surface area contributed by atoms with E-state index in [4.69, 9.17) is 19.7 Å². The summed E-state index contributed by atoms with van der Waals surface area (Å²) in [6, 6.07) is 0. The quantitative estimate of drug-likeness (QED) is 0.381. The number of hydrogen-bond donors (Lipinski definition) is 0. The highest BCUT2D eigenvalue weighted by Gasteiger charge is 2.49. The van der Waals surface area contributed by atoms with E-state index in [1.165, 1.54) is 0 Å². The number of fused-ring (bicyclic) bond motifs is 1. The average Bonchev–Trinajstić information content (AvgIpc) is 2.57. The van der Waals surface area contributed by atoms with Crippen molar-refractivity contribution in [3.63, 3.8) is 0 Å². The second-order valence-electron chi connectivity index (χ2n) is 3.92. The first-order chi connectivity index (χ1) is 6.62. The molecule has 0 amide bonds. The molecule has 0 unspecified atom stereocenters. The van der Waals surface area contributed by atoms with Crippen LogP contribution in [0.15, 0.2) is 5.11 Å². The maximum atomic E-state index is 8.20. The summed E-state index contributed by atoms with van der Waals surface area (Å²) in [5.74, 6) is -0.548. The van der Waals surface area contributed by atoms with Crippen LogP contribution in [0.4, 0.5) is 0 Å². The largest absolute Gasteiger partial charge is 0.372 e. The normalized spacial score (nSPS) is 39.1. The molecular formula is C8H13N3O3. The first-order valence-electron chi connectivity index (χ1n) is 4.60. The summed E-state index contributed by atoms with van der Waals surface area (Å²) in [5, 5.41) is 3.48. The standard InChI is InChI=1S/C8H13N3O3/c1-8(2)13-6-4-12-5(3-10-11-9)7(6)14-8/h5-7H,3-4H2,1-2H3/t5-,6-,7-/m0/s1. The SMILES string of the molecule is CC1(C)O[C@H]2[C@H](CN=[N+]=[N-])OC[C@@H]2O1. The minimum absolute atomic E-state index is 0.0242. The van der Waals surface area contributed by atoms with Gasteiger partial charge in [-0.15, -0.1) is 0 Å². The lowest BCUT2D eigenvalue weighted by molar-refractivity contribution is -0.173. The van der Waals surface area contributed by atoms with E-state index in [1.807, 2.05) is 13.8 Å². The molecule has 0 aromatic rings. The summed E-state index contributed by atoms with van der Waals surface area (Å²) >= 11 is 0. The van der Waals surface area contributed by atoms with Gasteiger partial charge in [0.1, 0.15) is 12.2 Å². The molecule has 0 aromatic carbocycles. The van der Waals surface area contributed by atoms with Crippen molar-refractivity contribution in [1.82, 2.24) is 0 Å². The second kappa shape index (κ2) is 3.40. The summed E-state index contributed by atoms with van der Waals surface area (Å²) in [5.41, 5.74) is 8.20. The van der Waals surface area contributed by atoms with Gasteiger partial charge in [-0.25, -0.2) is 0 Å². The van der Waals surface area contributed by atoms with E-state index in [9.17, 15) is 0 Å². The number of rotatable bonds is 2. The minimum Gasteiger partial charge on any atom is -0.372 e. The van der Waals surface area contributed by atoms with Gasteiger partial charge in [-0.1, -0.05) is 5.11 Å². The molecule has 78 valence electrons. The Hall–Kier alpha value is -0.810. The molecule has 0 aliphatic carbocycles. The van der Waals surface area contributed by atoms with Gasteiger partial charge in [0.2, 0.25) is 0 Å². The Morgan fingerprint density at radius 2 is 2.29 bits per heavy atom. The minimum atomic E-state index is -0.548. The molecule has 14 heavy (non-hydrogen) atoms. The van der Waals surface area contributed by atoms with E-state index in [0.29, 0.717) is 13.2 Å². The Balaban J connectivity index is 2.01. The van der Waals surface area contributed by atoms with Gasteiger partial charge >= 0.3 is 0 Å². The van der Waals surface area contributed by atoms with Crippen LogP contribution in [0, 0.1) is 0 Å². The molecule has 0 radical (unpaired) electrons. The topological polar surface area (TPSA) is 76.5 Å². The van der Waals surface area contributed by atoms with E-state index in [1.54, 1.807) is 0 Å². The summed E-state index contributed by atoms with van der Waals surface area (Å²) in [7, 11) is 0. The molecule has 2 rings (SSSR count). The monoisotopic (exact) mass is 199 g/mol. The molecule has 6 nitrogen and oxygen atoms in total. The van der Waals surface area contributed by atoms with Crippen molar-refractivity contribution >= 4 is 0 Å². The predicted molar refractivity (Wildman–Crippen MR) is 47.6 cm³/mol. The zero-order valence-electron chi connectivity index (χ0n) is 8.21. The van der Waals surface area contributed by atoms with Gasteiger partial charge in [0, 0.05) is 4.91 Å². The third-order valence-corrected chi connectivity index (χ3v) is 2.39. The Morgan fingerprint density at radius 3 is 3.00 bits per heavy atom. The number of nitrogens with zero attached hydrogens (tertiary/aromatic N) is 3. The van der Waals surface area contributed by atoms with E-state index < -0.39 is 5.79 Å². The molecule has 2 aliphatic rings. The number of azide groups is 1. The molecule has 2 aliphatic heterocycles. The smallest absolute Gasteiger partial charge is 0.164 e. The van der Waals surface area contributed by atoms with E-state index in [2.05, 4.69) is 10.0 Å². The van der Waals surface area contributed by atoms with E-state index in [-0.39, 0.29) is 18.3 Å². The maximum Gasteiger partial charge on any atom is 0.164 e. The highest BCUT2D eigenvalue weighted by Crippen LogP contribution is 2.35. The Kier molecular flexibility index (Phi) is 2.36. The molecule has 2 heterocycles. The second-order valence-corrected chi connectivity index (χ2v) is 3.92. The molecule has 3 atom stereocenters. The molecule has 0 bridgehead atoms. The van der Waals surface area contributed by atoms with E-state index in [0.717, 1.165) is 0 Å². The zero-order valence-corrected chi connectivity index (χ0v) is 8.21. The lowest BCUT2D eigenvalue weighted by Crippen LogP contribution is -2.31. The Morgan fingerprint density at radius 1 is 1.50 bits per heavy atom. The van der Waals surface area contributed by atoms with Crippen LogP contribution in [0.1, 0.15) is 13.8 Å². The number of ether oxygens (including phenoxy) is 3. The van der Waals surface area contributed by atoms with Gasteiger partial charge in [-0.3, -0.25) is 0 Å². The lowest BCUT2D eigenvalue weighted by atomic mass is 10.1. The zero-order chi connectivity index (χ0) is 10.2. The molecule has 2 fully saturated rings. The maximum absolute atomic E-state index is 8.20. The first kappa shape index (κ1) is 9.73. The lowest BCUT2D eigenvalue weighted by Gasteiger charge is -2.20. The molecule has 0 aromatic heterocycles. The summed E-state index contributed by atoms with van der Waals surface area (Å²) in [6.07, 6.45) is -0.294. The van der Waals surface area contributed by atoms with Crippen LogP contribution in [-0.2, 0) is 14.2 Å². The van der Waals surface area contributed by atoms with Crippen LogP contribution < -0.4 is 0 Å². The van der Waals surface area contributed by atoms with Crippen molar-refractivity contribution in [2.24, 2.45) is 5.11 Å². The van der Waals surface area contributed by atoms with Crippen molar-refractivity contribution in [2.75, 3.05) is 13.2 Å². The van der Waals surface area contributed by atoms with Crippen LogP contribution in [0.25, 0.3) is 10.4 Å². The molecular weight excluding hydrogens is 186 g/mol. The molecule has 2 saturated heterocycles. The van der Waals surface area contributed by atoms with Gasteiger partial charge in [0.25, 0.3) is 0 Å². The fourth-order valence-corrected chi connectivity index (χ4v) is 1.89. The van der Waals surface area contributed by atoms with Crippen molar-refractivity contribution in [3.05, 3.63) is 10.4 Å². The van der Waals surface area contributed by atoms with Gasteiger partial charge in [0.05, 0.1) is 19.3 Å². The highest BCUT2D eigenvalue weighted by atomic mass is 16.8.